The standard InChI is InChI=1S/C10H17N5O2/c1-6(11)9-13-14-10(17-9)12-7-3-4-8(16)15(2)5-7/h6-7H,3-5,11H2,1-2H3,(H,12,14). The van der Waals surface area contributed by atoms with E-state index < -0.39 is 0 Å². The number of carbonyl (C=O) groups is 1. The number of likely N-dealkylation sites (N-methyl/N-ethyl adjacent to an activating group) is 1. The molecule has 1 amide bonds. The third kappa shape index (κ3) is 2.73. The van der Waals surface area contributed by atoms with Crippen molar-refractivity contribution in [3.05, 3.63) is 5.89 Å². The lowest BCUT2D eigenvalue weighted by Gasteiger charge is -2.29. The Balaban J connectivity index is 1.94. The third-order valence-electron chi connectivity index (χ3n) is 2.78. The molecule has 2 unspecified atom stereocenters. The second-order valence-corrected chi connectivity index (χ2v) is 4.39. The number of anilines is 1. The number of likely N-dealkylation sites (tertiary alicyclic amines) is 1. The largest absolute Gasteiger partial charge is 0.406 e. The summed E-state index contributed by atoms with van der Waals surface area (Å²) >= 11 is 0. The quantitative estimate of drug-likeness (QED) is 0.777. The molecule has 1 aromatic rings. The summed E-state index contributed by atoms with van der Waals surface area (Å²) in [5.41, 5.74) is 5.62. The normalized spacial score (nSPS) is 22.6. The predicted octanol–water partition coefficient (Wildman–Crippen LogP) is 0.122. The van der Waals surface area contributed by atoms with Crippen LogP contribution in [0.3, 0.4) is 0 Å². The number of nitrogens with two attached hydrogens (primary N) is 1. The summed E-state index contributed by atoms with van der Waals surface area (Å²) in [5.74, 6) is 0.581. The van der Waals surface area contributed by atoms with Gasteiger partial charge in [-0.1, -0.05) is 5.10 Å². The monoisotopic (exact) mass is 239 g/mol. The highest BCUT2D eigenvalue weighted by Gasteiger charge is 2.24. The van der Waals surface area contributed by atoms with Crippen LogP contribution in [0.1, 0.15) is 31.7 Å². The average Bonchev–Trinajstić information content (AvgIpc) is 2.72. The fraction of sp³-hybridized carbons (Fsp3) is 0.700. The molecule has 3 N–H and O–H groups in total. The Labute approximate surface area is 99.4 Å². The SMILES string of the molecule is CC(N)c1nnc(NC2CCC(=O)N(C)C2)o1. The molecular weight excluding hydrogens is 222 g/mol. The van der Waals surface area contributed by atoms with E-state index in [0.29, 0.717) is 24.9 Å². The Bertz CT molecular complexity index is 403. The van der Waals surface area contributed by atoms with Crippen LogP contribution in [-0.2, 0) is 4.79 Å². The number of rotatable bonds is 3. The number of amides is 1. The van der Waals surface area contributed by atoms with Crippen molar-refractivity contribution < 1.29 is 9.21 Å². The summed E-state index contributed by atoms with van der Waals surface area (Å²) in [7, 11) is 1.79. The number of piperidine rings is 1. The number of carbonyl (C=O) groups excluding carboxylic acids is 1. The molecule has 2 rings (SSSR count). The molecule has 1 aliphatic heterocycles. The molecule has 0 bridgehead atoms. The molecule has 2 atom stereocenters. The number of hydrogen-bond donors (Lipinski definition) is 2. The zero-order chi connectivity index (χ0) is 12.4. The van der Waals surface area contributed by atoms with E-state index in [-0.39, 0.29) is 18.0 Å². The molecule has 0 aromatic carbocycles. The number of nitrogens with one attached hydrogen (secondary N) is 1. The number of hydrogen-bond acceptors (Lipinski definition) is 6. The van der Waals surface area contributed by atoms with Gasteiger partial charge in [-0.2, -0.15) is 0 Å². The zero-order valence-electron chi connectivity index (χ0n) is 10.0. The molecule has 17 heavy (non-hydrogen) atoms. The molecule has 1 saturated heterocycles. The molecule has 0 spiro atoms. The highest BCUT2D eigenvalue weighted by atomic mass is 16.4. The van der Waals surface area contributed by atoms with Gasteiger partial charge in [0.2, 0.25) is 11.8 Å². The maximum absolute atomic E-state index is 11.3. The maximum atomic E-state index is 11.3. The van der Waals surface area contributed by atoms with Crippen LogP contribution in [0.5, 0.6) is 0 Å². The first-order chi connectivity index (χ1) is 8.06. The summed E-state index contributed by atoms with van der Waals surface area (Å²) in [5, 5.41) is 10.8. The van der Waals surface area contributed by atoms with Crippen LogP contribution in [0.15, 0.2) is 4.42 Å². The molecule has 0 aliphatic carbocycles. The van der Waals surface area contributed by atoms with Gasteiger partial charge in [0.15, 0.2) is 0 Å². The number of aromatic nitrogens is 2. The highest BCUT2D eigenvalue weighted by molar-refractivity contribution is 5.76. The van der Waals surface area contributed by atoms with Gasteiger partial charge in [-0.3, -0.25) is 4.79 Å². The Morgan fingerprint density at radius 3 is 2.94 bits per heavy atom. The summed E-state index contributed by atoms with van der Waals surface area (Å²) in [6.07, 6.45) is 1.32. The first kappa shape index (κ1) is 11.8. The number of nitrogens with zero attached hydrogens (tertiary/aromatic N) is 3. The van der Waals surface area contributed by atoms with Crippen molar-refractivity contribution in [1.29, 1.82) is 0 Å². The van der Waals surface area contributed by atoms with Gasteiger partial charge in [0.1, 0.15) is 0 Å². The molecule has 0 radical (unpaired) electrons. The van der Waals surface area contributed by atoms with Gasteiger partial charge in [-0.05, 0) is 13.3 Å². The fourth-order valence-corrected chi connectivity index (χ4v) is 1.78. The molecule has 1 fully saturated rings. The van der Waals surface area contributed by atoms with Crippen LogP contribution in [0, 0.1) is 0 Å². The van der Waals surface area contributed by atoms with Crippen molar-refractivity contribution in [3.63, 3.8) is 0 Å². The Hall–Kier alpha value is -1.63. The lowest BCUT2D eigenvalue weighted by Crippen LogP contribution is -2.43. The van der Waals surface area contributed by atoms with Crippen molar-refractivity contribution >= 4 is 11.9 Å². The predicted molar refractivity (Wildman–Crippen MR) is 61.2 cm³/mol. The minimum Gasteiger partial charge on any atom is -0.406 e. The summed E-state index contributed by atoms with van der Waals surface area (Å²) in [6, 6.07) is 0.248. The molecule has 2 heterocycles. The molecule has 94 valence electrons. The molecule has 0 saturated carbocycles. The zero-order valence-corrected chi connectivity index (χ0v) is 10.0. The maximum Gasteiger partial charge on any atom is 0.315 e. The first-order valence-electron chi connectivity index (χ1n) is 5.65. The Morgan fingerprint density at radius 2 is 2.35 bits per heavy atom. The smallest absolute Gasteiger partial charge is 0.315 e. The van der Waals surface area contributed by atoms with E-state index in [9.17, 15) is 4.79 Å². The van der Waals surface area contributed by atoms with E-state index in [1.165, 1.54) is 0 Å². The third-order valence-corrected chi connectivity index (χ3v) is 2.78. The van der Waals surface area contributed by atoms with Crippen molar-refractivity contribution in [2.45, 2.75) is 31.8 Å². The molecule has 1 aromatic heterocycles. The van der Waals surface area contributed by atoms with E-state index in [1.54, 1.807) is 18.9 Å². The van der Waals surface area contributed by atoms with Crippen molar-refractivity contribution in [3.8, 4) is 0 Å². The van der Waals surface area contributed by atoms with Gasteiger partial charge < -0.3 is 20.4 Å². The van der Waals surface area contributed by atoms with Crippen molar-refractivity contribution in [1.82, 2.24) is 15.1 Å². The van der Waals surface area contributed by atoms with E-state index in [4.69, 9.17) is 10.2 Å². The summed E-state index contributed by atoms with van der Waals surface area (Å²) < 4.78 is 5.35. The van der Waals surface area contributed by atoms with Crippen LogP contribution in [0.4, 0.5) is 6.01 Å². The second-order valence-electron chi connectivity index (χ2n) is 4.39. The Kier molecular flexibility index (Phi) is 3.28. The summed E-state index contributed by atoms with van der Waals surface area (Å²) in [4.78, 5) is 13.0. The minimum absolute atomic E-state index is 0.152. The van der Waals surface area contributed by atoms with Crippen LogP contribution in [0.2, 0.25) is 0 Å². The minimum atomic E-state index is -0.270. The van der Waals surface area contributed by atoms with Crippen molar-refractivity contribution in [2.24, 2.45) is 5.73 Å². The lowest BCUT2D eigenvalue weighted by molar-refractivity contribution is -0.132. The Morgan fingerprint density at radius 1 is 1.59 bits per heavy atom. The van der Waals surface area contributed by atoms with Crippen LogP contribution in [0.25, 0.3) is 0 Å². The van der Waals surface area contributed by atoms with E-state index in [2.05, 4.69) is 15.5 Å². The van der Waals surface area contributed by atoms with Crippen LogP contribution < -0.4 is 11.1 Å². The van der Waals surface area contributed by atoms with Gasteiger partial charge in [-0.15, -0.1) is 5.10 Å². The lowest BCUT2D eigenvalue weighted by atomic mass is 10.1. The molecular formula is C10H17N5O2. The van der Waals surface area contributed by atoms with Crippen LogP contribution in [-0.4, -0.2) is 40.6 Å². The van der Waals surface area contributed by atoms with Gasteiger partial charge >= 0.3 is 6.01 Å². The van der Waals surface area contributed by atoms with Gasteiger partial charge in [-0.25, -0.2) is 0 Å². The topological polar surface area (TPSA) is 97.3 Å². The van der Waals surface area contributed by atoms with Gasteiger partial charge in [0, 0.05) is 26.1 Å². The second kappa shape index (κ2) is 4.70. The van der Waals surface area contributed by atoms with E-state index in [1.807, 2.05) is 0 Å². The fourth-order valence-electron chi connectivity index (χ4n) is 1.78. The molecule has 7 heteroatoms. The van der Waals surface area contributed by atoms with E-state index in [0.717, 1.165) is 6.42 Å². The van der Waals surface area contributed by atoms with Gasteiger partial charge in [0.25, 0.3) is 0 Å². The summed E-state index contributed by atoms with van der Waals surface area (Å²) in [6.45, 7) is 2.43. The molecule has 1 aliphatic rings. The van der Waals surface area contributed by atoms with Gasteiger partial charge in [0.05, 0.1) is 6.04 Å². The van der Waals surface area contributed by atoms with Crippen LogP contribution >= 0.6 is 0 Å². The average molecular weight is 239 g/mol. The first-order valence-corrected chi connectivity index (χ1v) is 5.65. The molecule has 7 nitrogen and oxygen atoms in total. The van der Waals surface area contributed by atoms with Crippen molar-refractivity contribution in [2.75, 3.05) is 18.9 Å². The van der Waals surface area contributed by atoms with E-state index >= 15 is 0 Å². The highest BCUT2D eigenvalue weighted by Crippen LogP contribution is 2.16.